The Morgan fingerprint density at radius 2 is 2.26 bits per heavy atom. The van der Waals surface area contributed by atoms with Crippen LogP contribution in [0.3, 0.4) is 0 Å². The van der Waals surface area contributed by atoms with E-state index in [2.05, 4.69) is 20.0 Å². The van der Waals surface area contributed by atoms with Gasteiger partial charge in [-0.05, 0) is 13.3 Å². The lowest BCUT2D eigenvalue weighted by molar-refractivity contribution is 0.0601. The van der Waals surface area contributed by atoms with Gasteiger partial charge in [0.1, 0.15) is 17.2 Å². The van der Waals surface area contributed by atoms with E-state index in [4.69, 9.17) is 9.84 Å². The topological polar surface area (TPSA) is 93.6 Å². The Morgan fingerprint density at radius 3 is 2.95 bits per heavy atom. The highest BCUT2D eigenvalue weighted by Crippen LogP contribution is 2.12. The molecular formula is C12H19N3O4. The molecule has 0 aliphatic rings. The molecule has 0 saturated carbocycles. The first-order valence-electron chi connectivity index (χ1n) is 6.03. The van der Waals surface area contributed by atoms with Gasteiger partial charge in [0.05, 0.1) is 20.3 Å². The largest absolute Gasteiger partial charge is 0.465 e. The van der Waals surface area contributed by atoms with Gasteiger partial charge >= 0.3 is 5.97 Å². The molecule has 7 nitrogen and oxygen atoms in total. The molecule has 0 amide bonds. The molecule has 0 fully saturated rings. The van der Waals surface area contributed by atoms with Crippen LogP contribution in [-0.4, -0.2) is 54.5 Å². The first kappa shape index (κ1) is 15.3. The number of aromatic nitrogens is 2. The van der Waals surface area contributed by atoms with Gasteiger partial charge in [-0.2, -0.15) is 0 Å². The van der Waals surface area contributed by atoms with E-state index < -0.39 is 5.97 Å². The van der Waals surface area contributed by atoms with Crippen LogP contribution in [0.2, 0.25) is 0 Å². The number of aryl methyl sites for hydroxylation is 1. The minimum Gasteiger partial charge on any atom is -0.465 e. The van der Waals surface area contributed by atoms with Crippen LogP contribution >= 0.6 is 0 Å². The van der Waals surface area contributed by atoms with Crippen molar-refractivity contribution in [3.8, 4) is 0 Å². The van der Waals surface area contributed by atoms with Crippen LogP contribution < -0.4 is 5.32 Å². The van der Waals surface area contributed by atoms with Crippen LogP contribution in [0, 0.1) is 6.92 Å². The number of carbonyl (C=O) groups is 1. The minimum absolute atomic E-state index is 0.0189. The fourth-order valence-electron chi connectivity index (χ4n) is 1.41. The normalized spacial score (nSPS) is 10.3. The van der Waals surface area contributed by atoms with E-state index in [9.17, 15) is 4.79 Å². The molecule has 0 atom stereocenters. The predicted octanol–water partition coefficient (Wildman–Crippen LogP) is 0.383. The maximum absolute atomic E-state index is 11.5. The number of methoxy groups -OCH3 is 1. The van der Waals surface area contributed by atoms with Crippen LogP contribution in [-0.2, 0) is 9.47 Å². The summed E-state index contributed by atoms with van der Waals surface area (Å²) in [5.74, 6) is 0.562. The number of aliphatic hydroxyl groups is 1. The summed E-state index contributed by atoms with van der Waals surface area (Å²) in [6.07, 6.45) is 2.18. The first-order chi connectivity index (χ1) is 9.19. The number of esters is 1. The maximum Gasteiger partial charge on any atom is 0.343 e. The van der Waals surface area contributed by atoms with Crippen molar-refractivity contribution in [1.82, 2.24) is 9.97 Å². The van der Waals surface area contributed by atoms with Crippen molar-refractivity contribution in [2.45, 2.75) is 13.3 Å². The van der Waals surface area contributed by atoms with E-state index in [1.807, 2.05) is 0 Å². The Hall–Kier alpha value is -1.73. The van der Waals surface area contributed by atoms with Gasteiger partial charge in [0.2, 0.25) is 0 Å². The van der Waals surface area contributed by atoms with E-state index in [0.717, 1.165) is 6.42 Å². The number of aliphatic hydroxyl groups excluding tert-OH is 1. The molecule has 0 saturated heterocycles. The van der Waals surface area contributed by atoms with Crippen molar-refractivity contribution in [2.24, 2.45) is 0 Å². The maximum atomic E-state index is 11.5. The summed E-state index contributed by atoms with van der Waals surface area (Å²) in [6, 6.07) is 0. The van der Waals surface area contributed by atoms with Gasteiger partial charge in [-0.15, -0.1) is 0 Å². The van der Waals surface area contributed by atoms with E-state index in [-0.39, 0.29) is 6.61 Å². The number of hydrogen-bond acceptors (Lipinski definition) is 7. The Balaban J connectivity index is 2.51. The summed E-state index contributed by atoms with van der Waals surface area (Å²) in [6.45, 7) is 3.23. The molecule has 1 rings (SSSR count). The standard InChI is InChI=1S/C12H19N3O4/c1-9-14-8-10(12(17)18-2)11(15-9)13-4-3-6-19-7-5-16/h8,16H,3-7H2,1-2H3,(H,13,14,15). The van der Waals surface area contributed by atoms with Crippen molar-refractivity contribution in [3.05, 3.63) is 17.6 Å². The molecule has 0 radical (unpaired) electrons. The van der Waals surface area contributed by atoms with Crippen molar-refractivity contribution in [3.63, 3.8) is 0 Å². The average molecular weight is 269 g/mol. The lowest BCUT2D eigenvalue weighted by Gasteiger charge is -2.10. The van der Waals surface area contributed by atoms with Crippen molar-refractivity contribution < 1.29 is 19.4 Å². The van der Waals surface area contributed by atoms with Crippen LogP contribution in [0.5, 0.6) is 0 Å². The fraction of sp³-hybridized carbons (Fsp3) is 0.583. The molecule has 0 unspecified atom stereocenters. The third-order valence-corrected chi connectivity index (χ3v) is 2.31. The minimum atomic E-state index is -0.473. The number of rotatable bonds is 8. The highest BCUT2D eigenvalue weighted by atomic mass is 16.5. The Labute approximate surface area is 112 Å². The molecule has 7 heteroatoms. The zero-order chi connectivity index (χ0) is 14.1. The second-order valence-corrected chi connectivity index (χ2v) is 3.79. The van der Waals surface area contributed by atoms with Gasteiger partial charge < -0.3 is 19.9 Å². The molecule has 0 aliphatic heterocycles. The van der Waals surface area contributed by atoms with Gasteiger partial charge in [0.25, 0.3) is 0 Å². The molecule has 1 aromatic heterocycles. The zero-order valence-electron chi connectivity index (χ0n) is 11.2. The summed E-state index contributed by atoms with van der Waals surface area (Å²) >= 11 is 0. The summed E-state index contributed by atoms with van der Waals surface area (Å²) in [4.78, 5) is 19.7. The average Bonchev–Trinajstić information content (AvgIpc) is 2.42. The fourth-order valence-corrected chi connectivity index (χ4v) is 1.41. The predicted molar refractivity (Wildman–Crippen MR) is 69.1 cm³/mol. The van der Waals surface area contributed by atoms with Gasteiger partial charge in [0.15, 0.2) is 0 Å². The molecule has 2 N–H and O–H groups in total. The molecule has 0 aliphatic carbocycles. The van der Waals surface area contributed by atoms with Gasteiger partial charge in [-0.1, -0.05) is 0 Å². The van der Waals surface area contributed by atoms with Gasteiger partial charge in [-0.25, -0.2) is 14.8 Å². The lowest BCUT2D eigenvalue weighted by atomic mass is 10.3. The first-order valence-corrected chi connectivity index (χ1v) is 6.03. The van der Waals surface area contributed by atoms with Gasteiger partial charge in [0, 0.05) is 19.3 Å². The number of hydrogen-bond donors (Lipinski definition) is 2. The highest BCUT2D eigenvalue weighted by molar-refractivity contribution is 5.94. The summed E-state index contributed by atoms with van der Waals surface area (Å²) in [5.41, 5.74) is 0.310. The monoisotopic (exact) mass is 269 g/mol. The van der Waals surface area contributed by atoms with E-state index in [1.165, 1.54) is 13.3 Å². The van der Waals surface area contributed by atoms with Crippen molar-refractivity contribution in [1.29, 1.82) is 0 Å². The Morgan fingerprint density at radius 1 is 1.47 bits per heavy atom. The SMILES string of the molecule is COC(=O)c1cnc(C)nc1NCCCOCCO. The zero-order valence-corrected chi connectivity index (χ0v) is 11.2. The Bertz CT molecular complexity index is 412. The van der Waals surface area contributed by atoms with Crippen molar-refractivity contribution >= 4 is 11.8 Å². The molecule has 0 spiro atoms. The number of carbonyl (C=O) groups excluding carboxylic acids is 1. The molecule has 1 heterocycles. The smallest absolute Gasteiger partial charge is 0.343 e. The highest BCUT2D eigenvalue weighted by Gasteiger charge is 2.13. The second kappa shape index (κ2) is 8.39. The van der Waals surface area contributed by atoms with Crippen LogP contribution in [0.25, 0.3) is 0 Å². The molecule has 106 valence electrons. The molecule has 0 bridgehead atoms. The summed E-state index contributed by atoms with van der Waals surface area (Å²) in [7, 11) is 1.31. The Kier molecular flexibility index (Phi) is 6.76. The summed E-state index contributed by atoms with van der Waals surface area (Å²) in [5, 5.41) is 11.6. The van der Waals surface area contributed by atoms with Crippen LogP contribution in [0.1, 0.15) is 22.6 Å². The quantitative estimate of drug-likeness (QED) is 0.520. The second-order valence-electron chi connectivity index (χ2n) is 3.79. The number of nitrogens with one attached hydrogen (secondary N) is 1. The van der Waals surface area contributed by atoms with Crippen LogP contribution in [0.4, 0.5) is 5.82 Å². The third-order valence-electron chi connectivity index (χ3n) is 2.31. The van der Waals surface area contributed by atoms with Crippen molar-refractivity contribution in [2.75, 3.05) is 38.8 Å². The number of anilines is 1. The van der Waals surface area contributed by atoms with Gasteiger partial charge in [-0.3, -0.25) is 0 Å². The number of ether oxygens (including phenoxy) is 2. The molecule has 0 aromatic carbocycles. The molecule has 1 aromatic rings. The third kappa shape index (κ3) is 5.19. The van der Waals surface area contributed by atoms with E-state index >= 15 is 0 Å². The van der Waals surface area contributed by atoms with E-state index in [1.54, 1.807) is 6.92 Å². The number of nitrogens with zero attached hydrogens (tertiary/aromatic N) is 2. The van der Waals surface area contributed by atoms with Crippen LogP contribution in [0.15, 0.2) is 6.20 Å². The molecule has 19 heavy (non-hydrogen) atoms. The van der Waals surface area contributed by atoms with E-state index in [0.29, 0.717) is 37.0 Å². The lowest BCUT2D eigenvalue weighted by Crippen LogP contribution is -2.14. The summed E-state index contributed by atoms with van der Waals surface area (Å²) < 4.78 is 9.79. The molecular weight excluding hydrogens is 250 g/mol.